The third kappa shape index (κ3) is 4.94. The monoisotopic (exact) mass is 405 g/mol. The summed E-state index contributed by atoms with van der Waals surface area (Å²) in [5, 5.41) is 7.46. The fraction of sp³-hybridized carbons (Fsp3) is 0.364. The first-order valence-corrected chi connectivity index (χ1v) is 10.4. The van der Waals surface area contributed by atoms with Crippen LogP contribution in [0.5, 0.6) is 0 Å². The average molecular weight is 406 g/mol. The summed E-state index contributed by atoms with van der Waals surface area (Å²) in [6, 6.07) is 16.2. The molecule has 0 radical (unpaired) electrons. The lowest BCUT2D eigenvalue weighted by molar-refractivity contribution is 0.372. The standard InChI is InChI=1S/C22H27N7O/c1-2-23-22(29-16-14-28(15-17-29)18-8-4-3-5-9-18)25-13-11-20-26-21(30-27-20)19-10-6-7-12-24-19/h3-10,12H,2,11,13-17H2,1H3,(H,23,25). The number of pyridine rings is 1. The van der Waals surface area contributed by atoms with Crippen LogP contribution in [0.4, 0.5) is 5.69 Å². The molecule has 0 amide bonds. The molecule has 1 aliphatic heterocycles. The minimum atomic E-state index is 0.443. The van der Waals surface area contributed by atoms with Crippen LogP contribution in [0, 0.1) is 0 Å². The molecule has 8 heteroatoms. The zero-order chi connectivity index (χ0) is 20.6. The first kappa shape index (κ1) is 19.9. The maximum atomic E-state index is 5.32. The molecule has 8 nitrogen and oxygen atoms in total. The maximum Gasteiger partial charge on any atom is 0.276 e. The van der Waals surface area contributed by atoms with E-state index < -0.39 is 0 Å². The molecule has 1 saturated heterocycles. The van der Waals surface area contributed by atoms with Gasteiger partial charge in [0.05, 0.1) is 0 Å². The second-order valence-corrected chi connectivity index (χ2v) is 7.03. The predicted octanol–water partition coefficient (Wildman–Crippen LogP) is 2.46. The van der Waals surface area contributed by atoms with Crippen molar-refractivity contribution in [3.05, 3.63) is 60.6 Å². The predicted molar refractivity (Wildman–Crippen MR) is 117 cm³/mol. The summed E-state index contributed by atoms with van der Waals surface area (Å²) in [5.74, 6) is 2.03. The lowest BCUT2D eigenvalue weighted by Gasteiger charge is -2.37. The number of anilines is 1. The summed E-state index contributed by atoms with van der Waals surface area (Å²) in [5.41, 5.74) is 1.96. The van der Waals surface area contributed by atoms with Gasteiger partial charge < -0.3 is 19.6 Å². The van der Waals surface area contributed by atoms with Crippen molar-refractivity contribution < 1.29 is 4.52 Å². The summed E-state index contributed by atoms with van der Waals surface area (Å²) >= 11 is 0. The van der Waals surface area contributed by atoms with Gasteiger partial charge in [-0.3, -0.25) is 9.98 Å². The maximum absolute atomic E-state index is 5.32. The summed E-state index contributed by atoms with van der Waals surface area (Å²) in [4.78, 5) is 18.2. The summed E-state index contributed by atoms with van der Waals surface area (Å²) < 4.78 is 5.32. The van der Waals surface area contributed by atoms with Crippen LogP contribution in [-0.4, -0.2) is 65.3 Å². The van der Waals surface area contributed by atoms with Crippen LogP contribution in [0.1, 0.15) is 12.7 Å². The van der Waals surface area contributed by atoms with Crippen molar-refractivity contribution in [3.63, 3.8) is 0 Å². The summed E-state index contributed by atoms with van der Waals surface area (Å²) in [6.07, 6.45) is 2.33. The zero-order valence-corrected chi connectivity index (χ0v) is 17.2. The van der Waals surface area contributed by atoms with Gasteiger partial charge in [0, 0.05) is 57.6 Å². The number of nitrogens with one attached hydrogen (secondary N) is 1. The molecule has 0 unspecified atom stereocenters. The molecular formula is C22H27N7O. The highest BCUT2D eigenvalue weighted by molar-refractivity contribution is 5.80. The van der Waals surface area contributed by atoms with Crippen LogP contribution in [-0.2, 0) is 6.42 Å². The number of benzene rings is 1. The van der Waals surface area contributed by atoms with E-state index >= 15 is 0 Å². The van der Waals surface area contributed by atoms with Gasteiger partial charge in [0.25, 0.3) is 5.89 Å². The zero-order valence-electron chi connectivity index (χ0n) is 17.2. The van der Waals surface area contributed by atoms with Gasteiger partial charge in [-0.1, -0.05) is 29.4 Å². The van der Waals surface area contributed by atoms with Gasteiger partial charge >= 0.3 is 0 Å². The number of nitrogens with zero attached hydrogens (tertiary/aromatic N) is 6. The van der Waals surface area contributed by atoms with E-state index in [1.165, 1.54) is 5.69 Å². The van der Waals surface area contributed by atoms with Crippen molar-refractivity contribution in [2.24, 2.45) is 4.99 Å². The molecule has 2 aromatic heterocycles. The Morgan fingerprint density at radius 2 is 1.87 bits per heavy atom. The van der Waals surface area contributed by atoms with Crippen LogP contribution < -0.4 is 10.2 Å². The van der Waals surface area contributed by atoms with E-state index in [2.05, 4.69) is 67.5 Å². The molecule has 1 N–H and O–H groups in total. The van der Waals surface area contributed by atoms with Gasteiger partial charge in [0.1, 0.15) is 5.69 Å². The SMILES string of the molecule is CCNC(=NCCc1noc(-c2ccccn2)n1)N1CCN(c2ccccc2)CC1. The van der Waals surface area contributed by atoms with Crippen molar-refractivity contribution >= 4 is 11.6 Å². The Bertz CT molecular complexity index is 934. The second kappa shape index (κ2) is 9.87. The fourth-order valence-electron chi connectivity index (χ4n) is 3.45. The van der Waals surface area contributed by atoms with E-state index in [0.717, 1.165) is 38.7 Å². The molecule has 0 aliphatic carbocycles. The molecule has 3 aromatic rings. The van der Waals surface area contributed by atoms with Crippen molar-refractivity contribution in [1.82, 2.24) is 25.3 Å². The average Bonchev–Trinajstić information content (AvgIpc) is 3.29. The molecule has 1 aromatic carbocycles. The minimum absolute atomic E-state index is 0.443. The lowest BCUT2D eigenvalue weighted by Crippen LogP contribution is -2.52. The van der Waals surface area contributed by atoms with Gasteiger partial charge in [0.2, 0.25) is 0 Å². The van der Waals surface area contributed by atoms with Crippen LogP contribution >= 0.6 is 0 Å². The number of guanidine groups is 1. The Hall–Kier alpha value is -3.42. The van der Waals surface area contributed by atoms with Crippen molar-refractivity contribution in [2.45, 2.75) is 13.3 Å². The molecule has 0 spiro atoms. The van der Waals surface area contributed by atoms with E-state index in [-0.39, 0.29) is 0 Å². The molecule has 0 atom stereocenters. The number of hydrogen-bond acceptors (Lipinski definition) is 6. The number of aromatic nitrogens is 3. The van der Waals surface area contributed by atoms with E-state index in [9.17, 15) is 0 Å². The lowest BCUT2D eigenvalue weighted by atomic mass is 10.2. The van der Waals surface area contributed by atoms with Crippen LogP contribution in [0.25, 0.3) is 11.6 Å². The first-order valence-electron chi connectivity index (χ1n) is 10.4. The topological polar surface area (TPSA) is 82.7 Å². The highest BCUT2D eigenvalue weighted by atomic mass is 16.5. The quantitative estimate of drug-likeness (QED) is 0.498. The Morgan fingerprint density at radius 1 is 1.07 bits per heavy atom. The van der Waals surface area contributed by atoms with Gasteiger partial charge in [-0.15, -0.1) is 0 Å². The van der Waals surface area contributed by atoms with Gasteiger partial charge in [-0.2, -0.15) is 4.98 Å². The Labute approximate surface area is 176 Å². The molecule has 0 saturated carbocycles. The molecule has 156 valence electrons. The fourth-order valence-corrected chi connectivity index (χ4v) is 3.45. The molecular weight excluding hydrogens is 378 g/mol. The molecule has 0 bridgehead atoms. The van der Waals surface area contributed by atoms with Crippen molar-refractivity contribution in [1.29, 1.82) is 0 Å². The number of piperazine rings is 1. The van der Waals surface area contributed by atoms with E-state index in [1.54, 1.807) is 6.20 Å². The number of aliphatic imine (C=N–C) groups is 1. The van der Waals surface area contributed by atoms with Gasteiger partial charge in [-0.05, 0) is 31.2 Å². The number of para-hydroxylation sites is 1. The van der Waals surface area contributed by atoms with E-state index in [1.807, 2.05) is 18.2 Å². The molecule has 3 heterocycles. The highest BCUT2D eigenvalue weighted by Gasteiger charge is 2.19. The Morgan fingerprint density at radius 3 is 2.60 bits per heavy atom. The summed E-state index contributed by atoms with van der Waals surface area (Å²) in [7, 11) is 0. The number of rotatable bonds is 6. The third-order valence-electron chi connectivity index (χ3n) is 4.98. The second-order valence-electron chi connectivity index (χ2n) is 7.03. The molecule has 30 heavy (non-hydrogen) atoms. The first-order chi connectivity index (χ1) is 14.8. The molecule has 1 fully saturated rings. The van der Waals surface area contributed by atoms with Crippen LogP contribution in [0.15, 0.2) is 64.2 Å². The Balaban J connectivity index is 1.33. The van der Waals surface area contributed by atoms with Gasteiger partial charge in [-0.25, -0.2) is 0 Å². The molecule has 1 aliphatic rings. The van der Waals surface area contributed by atoms with Gasteiger partial charge in [0.15, 0.2) is 11.8 Å². The molecule has 4 rings (SSSR count). The minimum Gasteiger partial charge on any atom is -0.368 e. The van der Waals surface area contributed by atoms with Crippen LogP contribution in [0.3, 0.4) is 0 Å². The largest absolute Gasteiger partial charge is 0.368 e. The Kier molecular flexibility index (Phi) is 6.54. The van der Waals surface area contributed by atoms with E-state index in [4.69, 9.17) is 9.52 Å². The summed E-state index contributed by atoms with van der Waals surface area (Å²) in [6.45, 7) is 7.36. The highest BCUT2D eigenvalue weighted by Crippen LogP contribution is 2.16. The van der Waals surface area contributed by atoms with Crippen molar-refractivity contribution in [2.75, 3.05) is 44.2 Å². The third-order valence-corrected chi connectivity index (χ3v) is 4.98. The smallest absolute Gasteiger partial charge is 0.276 e. The number of hydrogen-bond donors (Lipinski definition) is 1. The normalized spacial score (nSPS) is 14.8. The van der Waals surface area contributed by atoms with Crippen molar-refractivity contribution in [3.8, 4) is 11.6 Å². The van der Waals surface area contributed by atoms with Crippen LogP contribution in [0.2, 0.25) is 0 Å². The van der Waals surface area contributed by atoms with E-state index in [0.29, 0.717) is 30.4 Å².